The quantitative estimate of drug-likeness (QED) is 0.645. The molecule has 0 spiro atoms. The molecule has 3 N–H and O–H groups in total. The highest BCUT2D eigenvalue weighted by molar-refractivity contribution is 6.10. The van der Waals surface area contributed by atoms with Crippen molar-refractivity contribution in [3.05, 3.63) is 53.8 Å². The minimum atomic E-state index is -0.269. The second-order valence-electron chi connectivity index (χ2n) is 5.65. The van der Waals surface area contributed by atoms with Crippen LogP contribution in [0.4, 0.5) is 11.4 Å². The molecule has 0 saturated carbocycles. The summed E-state index contributed by atoms with van der Waals surface area (Å²) in [5, 5.41) is 9.12. The van der Waals surface area contributed by atoms with E-state index in [1.165, 1.54) is 0 Å². The molecule has 1 aliphatic heterocycles. The van der Waals surface area contributed by atoms with E-state index in [2.05, 4.69) is 0 Å². The van der Waals surface area contributed by atoms with Crippen LogP contribution in [0.1, 0.15) is 12.0 Å². The lowest BCUT2D eigenvalue weighted by molar-refractivity contribution is -0.117. The van der Waals surface area contributed by atoms with Gasteiger partial charge in [0.25, 0.3) is 5.91 Å². The van der Waals surface area contributed by atoms with Gasteiger partial charge in [-0.15, -0.1) is 0 Å². The Morgan fingerprint density at radius 1 is 1.28 bits per heavy atom. The number of hydrogen-bond acceptors (Lipinski definition) is 5. The molecule has 0 aliphatic carbocycles. The molecule has 1 aliphatic rings. The normalized spacial score (nSPS) is 15.0. The van der Waals surface area contributed by atoms with E-state index in [4.69, 9.17) is 20.3 Å². The number of fused-ring (bicyclic) bond motifs is 1. The molecule has 0 saturated heterocycles. The summed E-state index contributed by atoms with van der Waals surface area (Å²) in [6.07, 6.45) is 2.14. The van der Waals surface area contributed by atoms with E-state index in [0.717, 1.165) is 5.56 Å². The average molecular weight is 340 g/mol. The maximum atomic E-state index is 12.8. The number of aliphatic hydroxyl groups is 1. The summed E-state index contributed by atoms with van der Waals surface area (Å²) in [6.45, 7) is 0.377. The zero-order valence-electron chi connectivity index (χ0n) is 13.9. The Labute approximate surface area is 146 Å². The first-order valence-corrected chi connectivity index (χ1v) is 7.98. The number of methoxy groups -OCH3 is 1. The molecule has 0 aromatic heterocycles. The molecule has 130 valence electrons. The van der Waals surface area contributed by atoms with Gasteiger partial charge in [-0.05, 0) is 48.4 Å². The Morgan fingerprint density at radius 3 is 2.88 bits per heavy atom. The maximum absolute atomic E-state index is 12.8. The molecule has 0 atom stereocenters. The van der Waals surface area contributed by atoms with E-state index in [1.54, 1.807) is 36.3 Å². The summed E-state index contributed by atoms with van der Waals surface area (Å²) in [4.78, 5) is 14.4. The molecule has 2 aromatic carbocycles. The molecule has 6 heteroatoms. The third-order valence-corrected chi connectivity index (χ3v) is 3.88. The van der Waals surface area contributed by atoms with Gasteiger partial charge < -0.3 is 25.2 Å². The fourth-order valence-electron chi connectivity index (χ4n) is 2.66. The van der Waals surface area contributed by atoms with Gasteiger partial charge in [0.05, 0.1) is 12.8 Å². The third kappa shape index (κ3) is 3.59. The number of nitrogens with two attached hydrogens (primary N) is 1. The summed E-state index contributed by atoms with van der Waals surface area (Å²) in [7, 11) is 1.59. The van der Waals surface area contributed by atoms with Crippen molar-refractivity contribution in [1.82, 2.24) is 0 Å². The number of carbonyl (C=O) groups is 1. The monoisotopic (exact) mass is 340 g/mol. The van der Waals surface area contributed by atoms with Gasteiger partial charge in [0, 0.05) is 18.8 Å². The summed E-state index contributed by atoms with van der Waals surface area (Å²) in [6, 6.07) is 12.5. The van der Waals surface area contributed by atoms with Gasteiger partial charge in [-0.25, -0.2) is 0 Å². The number of hydrogen-bond donors (Lipinski definition) is 2. The molecule has 0 bridgehead atoms. The standard InChI is InChI=1S/C19H20N2O4/c1-24-15-5-2-4-13(10-15)11-18-19(23)21(8-3-9-22)16-12-14(20)6-7-17(16)25-18/h2,4-7,10-12,22H,3,8-9,20H2,1H3/b18-11+. The molecule has 6 nitrogen and oxygen atoms in total. The number of rotatable bonds is 5. The smallest absolute Gasteiger partial charge is 0.294 e. The molecule has 1 heterocycles. The Morgan fingerprint density at radius 2 is 2.12 bits per heavy atom. The van der Waals surface area contributed by atoms with Crippen molar-refractivity contribution < 1.29 is 19.4 Å². The second-order valence-corrected chi connectivity index (χ2v) is 5.65. The average Bonchev–Trinajstić information content (AvgIpc) is 2.62. The number of nitrogens with zero attached hydrogens (tertiary/aromatic N) is 1. The first-order valence-electron chi connectivity index (χ1n) is 7.98. The van der Waals surface area contributed by atoms with Crippen molar-refractivity contribution in [2.45, 2.75) is 6.42 Å². The van der Waals surface area contributed by atoms with Crippen molar-refractivity contribution in [3.8, 4) is 11.5 Å². The first kappa shape index (κ1) is 16.9. The summed E-state index contributed by atoms with van der Waals surface area (Å²) >= 11 is 0. The number of nitrogen functional groups attached to an aromatic ring is 1. The minimum Gasteiger partial charge on any atom is -0.497 e. The SMILES string of the molecule is COc1cccc(/C=C2/Oc3ccc(N)cc3N(CCCO)C2=O)c1. The minimum absolute atomic E-state index is 0.00276. The van der Waals surface area contributed by atoms with Crippen LogP contribution in [-0.4, -0.2) is 31.3 Å². The fraction of sp³-hybridized carbons (Fsp3) is 0.211. The van der Waals surface area contributed by atoms with Crippen LogP contribution in [0.5, 0.6) is 11.5 Å². The van der Waals surface area contributed by atoms with Crippen molar-refractivity contribution >= 4 is 23.4 Å². The van der Waals surface area contributed by atoms with Gasteiger partial charge in [0.2, 0.25) is 0 Å². The number of benzene rings is 2. The van der Waals surface area contributed by atoms with E-state index in [0.29, 0.717) is 35.8 Å². The van der Waals surface area contributed by atoms with Gasteiger partial charge in [-0.3, -0.25) is 4.79 Å². The third-order valence-electron chi connectivity index (χ3n) is 3.88. The molecule has 0 fully saturated rings. The molecular weight excluding hydrogens is 320 g/mol. The van der Waals surface area contributed by atoms with Crippen LogP contribution in [0, 0.1) is 0 Å². The number of amides is 1. The molecule has 0 radical (unpaired) electrons. The van der Waals surface area contributed by atoms with Crippen LogP contribution < -0.4 is 20.1 Å². The summed E-state index contributed by atoms with van der Waals surface area (Å²) < 4.78 is 11.0. The predicted octanol–water partition coefficient (Wildman–Crippen LogP) is 2.43. The number of aliphatic hydroxyl groups excluding tert-OH is 1. The van der Waals surface area contributed by atoms with Crippen LogP contribution in [0.15, 0.2) is 48.2 Å². The van der Waals surface area contributed by atoms with E-state index in [9.17, 15) is 4.79 Å². The molecule has 25 heavy (non-hydrogen) atoms. The number of carbonyl (C=O) groups excluding carboxylic acids is 1. The zero-order chi connectivity index (χ0) is 17.8. The van der Waals surface area contributed by atoms with Gasteiger partial charge >= 0.3 is 0 Å². The van der Waals surface area contributed by atoms with Gasteiger partial charge in [-0.2, -0.15) is 0 Å². The summed E-state index contributed by atoms with van der Waals surface area (Å²) in [5.41, 5.74) is 7.79. The number of ether oxygens (including phenoxy) is 2. The largest absolute Gasteiger partial charge is 0.497 e. The van der Waals surface area contributed by atoms with E-state index in [1.807, 2.05) is 24.3 Å². The Bertz CT molecular complexity index is 817. The molecular formula is C19H20N2O4. The van der Waals surface area contributed by atoms with Crippen molar-refractivity contribution in [1.29, 1.82) is 0 Å². The van der Waals surface area contributed by atoms with Gasteiger partial charge in [0.1, 0.15) is 5.75 Å². The highest BCUT2D eigenvalue weighted by Gasteiger charge is 2.30. The van der Waals surface area contributed by atoms with Crippen LogP contribution in [0.3, 0.4) is 0 Å². The van der Waals surface area contributed by atoms with Gasteiger partial charge in [-0.1, -0.05) is 12.1 Å². The Hall–Kier alpha value is -2.99. The van der Waals surface area contributed by atoms with Gasteiger partial charge in [0.15, 0.2) is 11.5 Å². The highest BCUT2D eigenvalue weighted by atomic mass is 16.5. The molecule has 1 amide bonds. The Balaban J connectivity index is 2.00. The van der Waals surface area contributed by atoms with Crippen molar-refractivity contribution in [2.24, 2.45) is 0 Å². The molecule has 0 unspecified atom stereocenters. The van der Waals surface area contributed by atoms with Crippen LogP contribution in [-0.2, 0) is 4.79 Å². The van der Waals surface area contributed by atoms with Crippen molar-refractivity contribution in [2.75, 3.05) is 30.9 Å². The fourth-order valence-corrected chi connectivity index (χ4v) is 2.66. The summed E-state index contributed by atoms with van der Waals surface area (Å²) in [5.74, 6) is 1.20. The zero-order valence-corrected chi connectivity index (χ0v) is 13.9. The van der Waals surface area contributed by atoms with Crippen LogP contribution in [0.25, 0.3) is 6.08 Å². The lowest BCUT2D eigenvalue weighted by Gasteiger charge is -2.30. The molecule has 3 rings (SSSR count). The first-order chi connectivity index (χ1) is 12.1. The van der Waals surface area contributed by atoms with E-state index >= 15 is 0 Å². The van der Waals surface area contributed by atoms with E-state index in [-0.39, 0.29) is 18.3 Å². The second kappa shape index (κ2) is 7.27. The maximum Gasteiger partial charge on any atom is 0.294 e. The lowest BCUT2D eigenvalue weighted by atomic mass is 10.1. The lowest BCUT2D eigenvalue weighted by Crippen LogP contribution is -2.38. The highest BCUT2D eigenvalue weighted by Crippen LogP contribution is 2.37. The van der Waals surface area contributed by atoms with Crippen LogP contribution in [0.2, 0.25) is 0 Å². The van der Waals surface area contributed by atoms with Crippen LogP contribution >= 0.6 is 0 Å². The predicted molar refractivity (Wildman–Crippen MR) is 96.5 cm³/mol. The van der Waals surface area contributed by atoms with Crippen molar-refractivity contribution in [3.63, 3.8) is 0 Å². The topological polar surface area (TPSA) is 85.0 Å². The van der Waals surface area contributed by atoms with E-state index < -0.39 is 0 Å². The molecule has 2 aromatic rings. The number of anilines is 2. The Kier molecular flexibility index (Phi) is 4.90.